The molecule has 1 aliphatic carbocycles. The molecule has 0 fully saturated rings. The summed E-state index contributed by atoms with van der Waals surface area (Å²) in [4.78, 5) is 15.9. The number of hydrogen-bond acceptors (Lipinski definition) is 1. The minimum absolute atomic E-state index is 0.118. The quantitative estimate of drug-likeness (QED) is 0.830. The number of aromatic amines is 1. The molecule has 3 rings (SSSR count). The van der Waals surface area contributed by atoms with Crippen LogP contribution in [0.2, 0.25) is 0 Å². The van der Waals surface area contributed by atoms with E-state index in [4.69, 9.17) is 0 Å². The average Bonchev–Trinajstić information content (AvgIpc) is 2.75. The Morgan fingerprint density at radius 2 is 2.00 bits per heavy atom. The van der Waals surface area contributed by atoms with Crippen LogP contribution in [0.1, 0.15) is 40.0 Å². The summed E-state index contributed by atoms with van der Waals surface area (Å²) in [5, 5.41) is 0. The summed E-state index contributed by atoms with van der Waals surface area (Å²) in [6, 6.07) is 9.93. The molecule has 0 saturated carbocycles. The van der Waals surface area contributed by atoms with Crippen molar-refractivity contribution in [3.8, 4) is 0 Å². The number of carbonyl (C=O) groups is 1. The van der Waals surface area contributed by atoms with Gasteiger partial charge < -0.3 is 4.98 Å². The second kappa shape index (κ2) is 5.33. The summed E-state index contributed by atoms with van der Waals surface area (Å²) in [5.74, 6) is 0.0599. The lowest BCUT2D eigenvalue weighted by Gasteiger charge is -2.11. The topological polar surface area (TPSA) is 32.9 Å². The van der Waals surface area contributed by atoms with Gasteiger partial charge in [-0.25, -0.2) is 0 Å². The third-order valence-corrected chi connectivity index (χ3v) is 3.81. The molecular weight excluding hydrogens is 246 g/mol. The molecule has 2 heteroatoms. The molecule has 1 N–H and O–H groups in total. The highest BCUT2D eigenvalue weighted by Gasteiger charge is 2.22. The number of ketones is 1. The molecule has 1 aliphatic rings. The first kappa shape index (κ1) is 12.7. The van der Waals surface area contributed by atoms with Gasteiger partial charge >= 0.3 is 0 Å². The summed E-state index contributed by atoms with van der Waals surface area (Å²) in [6.45, 7) is 1.97. The molecule has 1 heterocycles. The predicted octanol–water partition coefficient (Wildman–Crippen LogP) is 4.13. The number of allylic oxidation sites excluding steroid dienone is 3. The summed E-state index contributed by atoms with van der Waals surface area (Å²) in [6.07, 6.45) is 10.8. The van der Waals surface area contributed by atoms with E-state index in [9.17, 15) is 4.79 Å². The molecule has 2 aromatic rings. The first-order valence-electron chi connectivity index (χ1n) is 6.90. The Morgan fingerprint density at radius 3 is 2.80 bits per heavy atom. The van der Waals surface area contributed by atoms with E-state index in [2.05, 4.69) is 11.1 Å². The van der Waals surface area contributed by atoms with Crippen LogP contribution in [-0.4, -0.2) is 10.8 Å². The van der Waals surface area contributed by atoms with E-state index in [-0.39, 0.29) is 11.7 Å². The number of fused-ring (bicyclic) bond motifs is 1. The van der Waals surface area contributed by atoms with E-state index in [1.807, 2.05) is 61.7 Å². The van der Waals surface area contributed by atoms with E-state index in [1.165, 1.54) is 0 Å². The Hall–Kier alpha value is -2.35. The molecule has 0 bridgehead atoms. The van der Waals surface area contributed by atoms with Gasteiger partial charge in [-0.05, 0) is 23.6 Å². The molecule has 1 aromatic heterocycles. The number of rotatable bonds is 3. The first-order chi connectivity index (χ1) is 9.77. The molecule has 0 amide bonds. The number of aromatic nitrogens is 1. The van der Waals surface area contributed by atoms with Gasteiger partial charge in [-0.3, -0.25) is 4.79 Å². The van der Waals surface area contributed by atoms with Crippen molar-refractivity contribution < 1.29 is 4.79 Å². The van der Waals surface area contributed by atoms with Gasteiger partial charge in [0, 0.05) is 23.4 Å². The van der Waals surface area contributed by atoms with Crippen LogP contribution in [0.5, 0.6) is 0 Å². The van der Waals surface area contributed by atoms with Crippen LogP contribution in [0.15, 0.2) is 54.8 Å². The van der Waals surface area contributed by atoms with Crippen molar-refractivity contribution in [2.45, 2.75) is 19.3 Å². The predicted molar refractivity (Wildman–Crippen MR) is 81.9 cm³/mol. The van der Waals surface area contributed by atoms with Crippen molar-refractivity contribution in [2.24, 2.45) is 0 Å². The molecular formula is C18H17NO. The first-order valence-corrected chi connectivity index (χ1v) is 6.90. The smallest absolute Gasteiger partial charge is 0.171 e. The maximum absolute atomic E-state index is 12.7. The highest BCUT2D eigenvalue weighted by atomic mass is 16.1. The average molecular weight is 263 g/mol. The van der Waals surface area contributed by atoms with Gasteiger partial charge in [-0.15, -0.1) is 0 Å². The molecule has 0 radical (unpaired) electrons. The summed E-state index contributed by atoms with van der Waals surface area (Å²) >= 11 is 0. The lowest BCUT2D eigenvalue weighted by atomic mass is 9.91. The number of hydrogen-bond donors (Lipinski definition) is 1. The Morgan fingerprint density at radius 1 is 1.20 bits per heavy atom. The Labute approximate surface area is 118 Å². The Bertz CT molecular complexity index is 677. The van der Waals surface area contributed by atoms with Crippen molar-refractivity contribution in [3.63, 3.8) is 0 Å². The Kier molecular flexibility index (Phi) is 3.38. The number of H-pyrrole nitrogens is 1. The molecule has 0 aliphatic heterocycles. The van der Waals surface area contributed by atoms with Gasteiger partial charge in [-0.1, -0.05) is 55.5 Å². The van der Waals surface area contributed by atoms with Crippen LogP contribution >= 0.6 is 0 Å². The highest BCUT2D eigenvalue weighted by molar-refractivity contribution is 6.02. The SMILES string of the molecule is CC(C(=O)c1c[nH]c2c1CC=CC=C2)c1ccccc1. The lowest BCUT2D eigenvalue weighted by molar-refractivity contribution is 0.0965. The second-order valence-electron chi connectivity index (χ2n) is 5.08. The minimum Gasteiger partial charge on any atom is -0.361 e. The zero-order chi connectivity index (χ0) is 13.9. The molecule has 0 saturated heterocycles. The van der Waals surface area contributed by atoms with Crippen LogP contribution in [0.25, 0.3) is 6.08 Å². The fraction of sp³-hybridized carbons (Fsp3) is 0.167. The van der Waals surface area contributed by atoms with E-state index >= 15 is 0 Å². The minimum atomic E-state index is -0.118. The zero-order valence-corrected chi connectivity index (χ0v) is 11.5. The zero-order valence-electron chi connectivity index (χ0n) is 11.5. The maximum atomic E-state index is 12.7. The van der Waals surface area contributed by atoms with Gasteiger partial charge in [0.15, 0.2) is 5.78 Å². The number of nitrogens with one attached hydrogen (secondary N) is 1. The highest BCUT2D eigenvalue weighted by Crippen LogP contribution is 2.26. The van der Waals surface area contributed by atoms with E-state index < -0.39 is 0 Å². The Balaban J connectivity index is 1.94. The number of Topliss-reactive ketones (excluding diaryl/α,β-unsaturated/α-hetero) is 1. The largest absolute Gasteiger partial charge is 0.361 e. The van der Waals surface area contributed by atoms with Crippen molar-refractivity contribution in [3.05, 3.63) is 77.1 Å². The van der Waals surface area contributed by atoms with Gasteiger partial charge in [0.05, 0.1) is 0 Å². The fourth-order valence-electron chi connectivity index (χ4n) is 2.60. The van der Waals surface area contributed by atoms with Crippen molar-refractivity contribution in [2.75, 3.05) is 0 Å². The van der Waals surface area contributed by atoms with Crippen molar-refractivity contribution >= 4 is 11.9 Å². The molecule has 1 aromatic carbocycles. The van der Waals surface area contributed by atoms with Gasteiger partial charge in [-0.2, -0.15) is 0 Å². The fourth-order valence-corrected chi connectivity index (χ4v) is 2.60. The number of carbonyl (C=O) groups excluding carboxylic acids is 1. The standard InChI is InChI=1S/C18H17NO/c1-13(14-8-4-2-5-9-14)18(20)16-12-19-17-11-7-3-6-10-15(16)17/h2-9,11-13,19H,10H2,1H3. The van der Waals surface area contributed by atoms with Crippen LogP contribution in [-0.2, 0) is 6.42 Å². The van der Waals surface area contributed by atoms with Gasteiger partial charge in [0.2, 0.25) is 0 Å². The maximum Gasteiger partial charge on any atom is 0.171 e. The second-order valence-corrected chi connectivity index (χ2v) is 5.08. The summed E-state index contributed by atoms with van der Waals surface area (Å²) in [5.41, 5.74) is 4.01. The molecule has 0 spiro atoms. The van der Waals surface area contributed by atoms with Crippen molar-refractivity contribution in [1.82, 2.24) is 4.98 Å². The van der Waals surface area contributed by atoms with E-state index in [1.54, 1.807) is 0 Å². The van der Waals surface area contributed by atoms with Gasteiger partial charge in [0.1, 0.15) is 0 Å². The van der Waals surface area contributed by atoms with Crippen LogP contribution in [0, 0.1) is 0 Å². The molecule has 20 heavy (non-hydrogen) atoms. The lowest BCUT2D eigenvalue weighted by Crippen LogP contribution is -2.10. The molecule has 2 nitrogen and oxygen atoms in total. The third kappa shape index (κ3) is 2.25. The molecule has 100 valence electrons. The third-order valence-electron chi connectivity index (χ3n) is 3.81. The summed E-state index contributed by atoms with van der Waals surface area (Å²) in [7, 11) is 0. The normalized spacial score (nSPS) is 14.7. The van der Waals surface area contributed by atoms with Crippen LogP contribution in [0.3, 0.4) is 0 Å². The van der Waals surface area contributed by atoms with Crippen LogP contribution in [0.4, 0.5) is 0 Å². The number of benzene rings is 1. The van der Waals surface area contributed by atoms with Crippen molar-refractivity contribution in [1.29, 1.82) is 0 Å². The molecule has 1 unspecified atom stereocenters. The van der Waals surface area contributed by atoms with Gasteiger partial charge in [0.25, 0.3) is 0 Å². The van der Waals surface area contributed by atoms with Crippen LogP contribution < -0.4 is 0 Å². The van der Waals surface area contributed by atoms with E-state index in [0.29, 0.717) is 0 Å². The van der Waals surface area contributed by atoms with E-state index in [0.717, 1.165) is 28.8 Å². The monoisotopic (exact) mass is 263 g/mol. The molecule has 1 atom stereocenters. The summed E-state index contributed by atoms with van der Waals surface area (Å²) < 4.78 is 0.